The number of hydrogen-bond acceptors (Lipinski definition) is 3. The van der Waals surface area contributed by atoms with Crippen LogP contribution in [0.3, 0.4) is 0 Å². The number of halogens is 3. The van der Waals surface area contributed by atoms with E-state index in [1.807, 2.05) is 30.3 Å². The van der Waals surface area contributed by atoms with Crippen LogP contribution in [0.4, 0.5) is 0 Å². The molecule has 4 nitrogen and oxygen atoms in total. The van der Waals surface area contributed by atoms with Crippen LogP contribution < -0.4 is 10.1 Å². The fourth-order valence-corrected chi connectivity index (χ4v) is 3.77. The highest BCUT2D eigenvalue weighted by atomic mass is 35.5. The second-order valence-corrected chi connectivity index (χ2v) is 8.34. The molecule has 154 valence electrons. The Bertz CT molecular complexity index is 1080. The van der Waals surface area contributed by atoms with E-state index in [-0.39, 0.29) is 11.1 Å². The molecular weight excluding hydrogens is 443 g/mol. The predicted molar refractivity (Wildman–Crippen MR) is 120 cm³/mol. The van der Waals surface area contributed by atoms with Crippen LogP contribution >= 0.6 is 34.8 Å². The monoisotopic (exact) mass is 460 g/mol. The van der Waals surface area contributed by atoms with Gasteiger partial charge in [-0.3, -0.25) is 4.79 Å². The van der Waals surface area contributed by atoms with Gasteiger partial charge in [-0.25, -0.2) is 4.98 Å². The third-order valence-corrected chi connectivity index (χ3v) is 5.99. The lowest BCUT2D eigenvalue weighted by molar-refractivity contribution is 0.0951. The first-order valence-electron chi connectivity index (χ1n) is 9.65. The van der Waals surface area contributed by atoms with E-state index in [4.69, 9.17) is 39.5 Å². The molecule has 3 aromatic rings. The van der Waals surface area contributed by atoms with E-state index in [0.717, 1.165) is 5.56 Å². The Labute approximate surface area is 190 Å². The summed E-state index contributed by atoms with van der Waals surface area (Å²) in [6.45, 7) is 0.384. The Kier molecular flexibility index (Phi) is 6.47. The van der Waals surface area contributed by atoms with Gasteiger partial charge in [0.15, 0.2) is 5.75 Å². The zero-order chi connectivity index (χ0) is 21.1. The molecule has 0 unspecified atom stereocenters. The molecule has 1 aliphatic rings. The van der Waals surface area contributed by atoms with Gasteiger partial charge in [0.25, 0.3) is 5.91 Å². The third kappa shape index (κ3) is 5.07. The molecular formula is C23H19Cl3N2O2. The van der Waals surface area contributed by atoms with Gasteiger partial charge in [-0.1, -0.05) is 59.1 Å². The first-order chi connectivity index (χ1) is 14.5. The number of amides is 1. The molecule has 7 heteroatoms. The average Bonchev–Trinajstić information content (AvgIpc) is 3.58. The zero-order valence-corrected chi connectivity index (χ0v) is 18.3. The molecule has 1 fully saturated rings. The number of hydrogen-bond donors (Lipinski definition) is 1. The van der Waals surface area contributed by atoms with Gasteiger partial charge in [0.05, 0.1) is 21.8 Å². The fraction of sp³-hybridized carbons (Fsp3) is 0.217. The van der Waals surface area contributed by atoms with Crippen LogP contribution in [-0.2, 0) is 6.42 Å². The molecule has 0 aliphatic heterocycles. The fourth-order valence-electron chi connectivity index (χ4n) is 3.20. The van der Waals surface area contributed by atoms with Crippen molar-refractivity contribution < 1.29 is 9.53 Å². The molecule has 2 aromatic carbocycles. The van der Waals surface area contributed by atoms with Crippen LogP contribution in [0.5, 0.6) is 11.5 Å². The normalized spacial score (nSPS) is 13.2. The molecule has 30 heavy (non-hydrogen) atoms. The molecule has 1 heterocycles. The minimum Gasteiger partial charge on any atom is -0.455 e. The van der Waals surface area contributed by atoms with E-state index in [2.05, 4.69) is 16.4 Å². The van der Waals surface area contributed by atoms with E-state index in [9.17, 15) is 4.79 Å². The summed E-state index contributed by atoms with van der Waals surface area (Å²) in [5, 5.41) is 4.09. The van der Waals surface area contributed by atoms with E-state index in [1.165, 1.54) is 30.7 Å². The Morgan fingerprint density at radius 2 is 1.90 bits per heavy atom. The highest BCUT2D eigenvalue weighted by Crippen LogP contribution is 2.41. The number of benzene rings is 2. The van der Waals surface area contributed by atoms with Crippen molar-refractivity contribution in [2.24, 2.45) is 0 Å². The van der Waals surface area contributed by atoms with Gasteiger partial charge in [0, 0.05) is 6.54 Å². The van der Waals surface area contributed by atoms with Crippen LogP contribution in [0.2, 0.25) is 15.2 Å². The molecule has 0 bridgehead atoms. The number of ether oxygens (including phenoxy) is 1. The summed E-state index contributed by atoms with van der Waals surface area (Å²) in [5.41, 5.74) is 2.44. The molecule has 1 saturated carbocycles. The lowest BCUT2D eigenvalue weighted by atomic mass is 10.1. The number of carbonyl (C=O) groups excluding carboxylic acids is 1. The van der Waals surface area contributed by atoms with Crippen molar-refractivity contribution in [1.29, 1.82) is 0 Å². The maximum absolute atomic E-state index is 12.8. The molecule has 1 aromatic heterocycles. The number of carbonyl (C=O) groups is 1. The topological polar surface area (TPSA) is 51.2 Å². The summed E-state index contributed by atoms with van der Waals surface area (Å²) in [7, 11) is 0. The van der Waals surface area contributed by atoms with Gasteiger partial charge in [-0.15, -0.1) is 0 Å². The lowest BCUT2D eigenvalue weighted by Crippen LogP contribution is -2.26. The van der Waals surface area contributed by atoms with Crippen molar-refractivity contribution in [2.75, 3.05) is 6.54 Å². The Morgan fingerprint density at radius 3 is 2.70 bits per heavy atom. The predicted octanol–water partition coefficient (Wildman–Crippen LogP) is 6.68. The van der Waals surface area contributed by atoms with Crippen molar-refractivity contribution >= 4 is 40.7 Å². The number of nitrogens with zero attached hydrogens (tertiary/aromatic N) is 1. The van der Waals surface area contributed by atoms with Crippen LogP contribution in [0.25, 0.3) is 0 Å². The first-order valence-corrected chi connectivity index (χ1v) is 10.8. The summed E-state index contributed by atoms with van der Waals surface area (Å²) in [4.78, 5) is 16.9. The van der Waals surface area contributed by atoms with Crippen molar-refractivity contribution in [2.45, 2.75) is 25.2 Å². The summed E-state index contributed by atoms with van der Waals surface area (Å²) >= 11 is 18.3. The number of nitrogens with one attached hydrogen (secondary N) is 1. The SMILES string of the molecule is O=C(NCCc1cccc(Cl)c1Cl)c1cc(Cl)ncc1Oc1cccc(C2CC2)c1. The maximum atomic E-state index is 12.8. The van der Waals surface area contributed by atoms with Gasteiger partial charge in [-0.05, 0) is 60.6 Å². The van der Waals surface area contributed by atoms with Crippen LogP contribution in [0, 0.1) is 0 Å². The molecule has 0 radical (unpaired) electrons. The Balaban J connectivity index is 1.46. The summed E-state index contributed by atoms with van der Waals surface area (Å²) < 4.78 is 5.98. The molecule has 4 rings (SSSR count). The van der Waals surface area contributed by atoms with E-state index < -0.39 is 0 Å². The second-order valence-electron chi connectivity index (χ2n) is 7.17. The van der Waals surface area contributed by atoms with Gasteiger partial charge in [0.2, 0.25) is 0 Å². The third-order valence-electron chi connectivity index (χ3n) is 4.92. The van der Waals surface area contributed by atoms with E-state index >= 15 is 0 Å². The number of pyridine rings is 1. The van der Waals surface area contributed by atoms with Gasteiger partial charge in [0.1, 0.15) is 10.9 Å². The van der Waals surface area contributed by atoms with Crippen molar-refractivity contribution in [3.05, 3.63) is 86.6 Å². The van der Waals surface area contributed by atoms with Gasteiger partial charge >= 0.3 is 0 Å². The zero-order valence-electron chi connectivity index (χ0n) is 16.0. The van der Waals surface area contributed by atoms with Gasteiger partial charge in [-0.2, -0.15) is 0 Å². The van der Waals surface area contributed by atoms with E-state index in [1.54, 1.807) is 6.07 Å². The van der Waals surface area contributed by atoms with Crippen molar-refractivity contribution in [1.82, 2.24) is 10.3 Å². The van der Waals surface area contributed by atoms with Crippen LogP contribution in [0.1, 0.15) is 40.2 Å². The smallest absolute Gasteiger partial charge is 0.255 e. The first kappa shape index (κ1) is 21.0. The molecule has 0 spiro atoms. The quantitative estimate of drug-likeness (QED) is 0.399. The minimum absolute atomic E-state index is 0.220. The highest BCUT2D eigenvalue weighted by molar-refractivity contribution is 6.42. The van der Waals surface area contributed by atoms with Crippen molar-refractivity contribution in [3.8, 4) is 11.5 Å². The number of rotatable bonds is 7. The molecule has 1 amide bonds. The maximum Gasteiger partial charge on any atom is 0.255 e. The molecule has 0 saturated heterocycles. The highest BCUT2D eigenvalue weighted by Gasteiger charge is 2.24. The summed E-state index contributed by atoms with van der Waals surface area (Å²) in [6.07, 6.45) is 4.42. The molecule has 0 atom stereocenters. The largest absolute Gasteiger partial charge is 0.455 e. The Morgan fingerprint density at radius 1 is 1.10 bits per heavy atom. The Hall–Kier alpha value is -2.27. The van der Waals surface area contributed by atoms with Crippen LogP contribution in [0.15, 0.2) is 54.7 Å². The van der Waals surface area contributed by atoms with Crippen molar-refractivity contribution in [3.63, 3.8) is 0 Å². The summed E-state index contributed by atoms with van der Waals surface area (Å²) in [6, 6.07) is 14.9. The second kappa shape index (κ2) is 9.25. The standard InChI is InChI=1S/C23H19Cl3N2O2/c24-19-6-2-3-15(22(19)26)9-10-27-23(29)18-12-21(25)28-13-20(18)30-17-5-1-4-16(11-17)14-7-8-14/h1-6,11-14H,7-10H2,(H,27,29). The molecule has 1 aliphatic carbocycles. The average molecular weight is 462 g/mol. The van der Waals surface area contributed by atoms with E-state index in [0.29, 0.717) is 46.0 Å². The van der Waals surface area contributed by atoms with Gasteiger partial charge < -0.3 is 10.1 Å². The summed E-state index contributed by atoms with van der Waals surface area (Å²) in [5.74, 6) is 1.33. The minimum atomic E-state index is -0.300. The lowest BCUT2D eigenvalue weighted by Gasteiger charge is -2.13. The van der Waals surface area contributed by atoms with Crippen LogP contribution in [-0.4, -0.2) is 17.4 Å². The molecule has 1 N–H and O–H groups in total. The number of aromatic nitrogens is 1.